The van der Waals surface area contributed by atoms with Crippen LogP contribution in [0, 0.1) is 5.41 Å². The Morgan fingerprint density at radius 1 is 0.969 bits per heavy atom. The lowest BCUT2D eigenvalue weighted by Crippen LogP contribution is -2.31. The minimum atomic E-state index is -0.577. The van der Waals surface area contributed by atoms with Gasteiger partial charge in [0.2, 0.25) is 0 Å². The van der Waals surface area contributed by atoms with Crippen molar-refractivity contribution >= 4 is 12.0 Å². The molecular weight excluding hydrogens is 398 g/mol. The summed E-state index contributed by atoms with van der Waals surface area (Å²) in [6.07, 6.45) is 4.03. The Kier molecular flexibility index (Phi) is 5.41. The number of amides is 1. The molecule has 0 aliphatic heterocycles. The minimum Gasteiger partial charge on any atom is -0.395 e. The molecule has 3 aromatic carbocycles. The van der Waals surface area contributed by atoms with E-state index < -0.39 is 11.5 Å². The number of hydrogen-bond acceptors (Lipinski definition) is 3. The lowest BCUT2D eigenvalue weighted by Gasteiger charge is -2.35. The van der Waals surface area contributed by atoms with E-state index in [0.29, 0.717) is 12.0 Å². The molecule has 162 valence electrons. The van der Waals surface area contributed by atoms with E-state index in [9.17, 15) is 9.90 Å². The largest absolute Gasteiger partial charge is 0.395 e. The van der Waals surface area contributed by atoms with E-state index in [1.807, 2.05) is 42.5 Å². The van der Waals surface area contributed by atoms with E-state index in [0.717, 1.165) is 24.0 Å². The zero-order valence-electron chi connectivity index (χ0n) is 17.9. The molecule has 1 amide bonds. The van der Waals surface area contributed by atoms with Crippen LogP contribution in [0.25, 0.3) is 6.08 Å². The van der Waals surface area contributed by atoms with Crippen molar-refractivity contribution in [3.63, 3.8) is 0 Å². The maximum absolute atomic E-state index is 12.2. The topological polar surface area (TPSA) is 69.6 Å². The van der Waals surface area contributed by atoms with Crippen LogP contribution < -0.4 is 5.32 Å². The van der Waals surface area contributed by atoms with Gasteiger partial charge in [-0.2, -0.15) is 0 Å². The molecule has 0 radical (unpaired) electrons. The fourth-order valence-corrected chi connectivity index (χ4v) is 5.27. The second kappa shape index (κ2) is 8.38. The first kappa shape index (κ1) is 20.7. The number of aliphatic hydroxyl groups excluding tert-OH is 2. The summed E-state index contributed by atoms with van der Waals surface area (Å²) in [5.74, 6) is -0.192. The molecule has 3 N–H and O–H groups in total. The highest BCUT2D eigenvalue weighted by molar-refractivity contribution is 5.94. The molecule has 2 atom stereocenters. The first-order valence-electron chi connectivity index (χ1n) is 11.1. The van der Waals surface area contributed by atoms with Gasteiger partial charge in [-0.15, -0.1) is 0 Å². The molecule has 4 nitrogen and oxygen atoms in total. The molecule has 0 spiro atoms. The molecule has 3 aromatic rings. The normalized spacial score (nSPS) is 21.1. The molecule has 2 aliphatic rings. The van der Waals surface area contributed by atoms with Crippen LogP contribution in [0.5, 0.6) is 0 Å². The maximum Gasteiger partial charge on any atom is 0.251 e. The monoisotopic (exact) mass is 425 g/mol. The van der Waals surface area contributed by atoms with E-state index >= 15 is 0 Å². The standard InChI is InChI=1S/C28H27NO3/c30-14-13-29-27(32)20-11-9-19(10-12-20)17-28(18-23-7-3-4-8-25(23)26(28)31)24-15-21-5-1-2-6-22(21)16-24/h1-12,15,26,30-31H,13-14,16-18H2,(H,29,32)/t26-,28+/m0/s1. The van der Waals surface area contributed by atoms with Crippen LogP contribution in [0.4, 0.5) is 0 Å². The van der Waals surface area contributed by atoms with Gasteiger partial charge in [0.15, 0.2) is 0 Å². The first-order chi connectivity index (χ1) is 15.6. The summed E-state index contributed by atoms with van der Waals surface area (Å²) in [5.41, 5.74) is 7.28. The summed E-state index contributed by atoms with van der Waals surface area (Å²) in [6.45, 7) is 0.158. The SMILES string of the molecule is O=C(NCCO)c1ccc(C[C@]2(C3=Cc4ccccc4C3)Cc3ccccc3[C@@H]2O)cc1. The molecule has 0 fully saturated rings. The zero-order valence-corrected chi connectivity index (χ0v) is 17.9. The number of benzene rings is 3. The summed E-state index contributed by atoms with van der Waals surface area (Å²) in [6, 6.07) is 24.2. The fourth-order valence-electron chi connectivity index (χ4n) is 5.27. The zero-order chi connectivity index (χ0) is 22.1. The third-order valence-electron chi connectivity index (χ3n) is 6.92. The maximum atomic E-state index is 12.2. The highest BCUT2D eigenvalue weighted by Crippen LogP contribution is 2.54. The van der Waals surface area contributed by atoms with E-state index in [4.69, 9.17) is 5.11 Å². The number of carbonyl (C=O) groups is 1. The number of rotatable bonds is 6. The second-order valence-corrected chi connectivity index (χ2v) is 8.83. The van der Waals surface area contributed by atoms with Crippen LogP contribution in [0.2, 0.25) is 0 Å². The summed E-state index contributed by atoms with van der Waals surface area (Å²) in [7, 11) is 0. The van der Waals surface area contributed by atoms with Gasteiger partial charge in [0.25, 0.3) is 5.91 Å². The molecule has 0 saturated heterocycles. The van der Waals surface area contributed by atoms with Gasteiger partial charge < -0.3 is 15.5 Å². The minimum absolute atomic E-state index is 0.0811. The van der Waals surface area contributed by atoms with Crippen molar-refractivity contribution in [2.24, 2.45) is 5.41 Å². The Labute approximate surface area is 188 Å². The quantitative estimate of drug-likeness (QED) is 0.562. The van der Waals surface area contributed by atoms with Gasteiger partial charge in [-0.05, 0) is 59.2 Å². The van der Waals surface area contributed by atoms with Gasteiger partial charge in [0.05, 0.1) is 12.7 Å². The molecule has 0 aromatic heterocycles. The predicted molar refractivity (Wildman–Crippen MR) is 125 cm³/mol. The summed E-state index contributed by atoms with van der Waals surface area (Å²) in [5, 5.41) is 23.2. The molecular formula is C28H27NO3. The predicted octanol–water partition coefficient (Wildman–Crippen LogP) is 3.87. The molecule has 32 heavy (non-hydrogen) atoms. The van der Waals surface area contributed by atoms with Crippen LogP contribution in [-0.4, -0.2) is 29.3 Å². The third-order valence-corrected chi connectivity index (χ3v) is 6.92. The van der Waals surface area contributed by atoms with Gasteiger partial charge in [0.1, 0.15) is 0 Å². The van der Waals surface area contributed by atoms with Crippen LogP contribution >= 0.6 is 0 Å². The van der Waals surface area contributed by atoms with Gasteiger partial charge >= 0.3 is 0 Å². The van der Waals surface area contributed by atoms with Crippen molar-refractivity contribution < 1.29 is 15.0 Å². The Balaban J connectivity index is 1.48. The smallest absolute Gasteiger partial charge is 0.251 e. The molecule has 0 unspecified atom stereocenters. The van der Waals surface area contributed by atoms with Crippen molar-refractivity contribution in [3.05, 3.63) is 112 Å². The summed E-state index contributed by atoms with van der Waals surface area (Å²) < 4.78 is 0. The average molecular weight is 426 g/mol. The lowest BCUT2D eigenvalue weighted by atomic mass is 9.70. The van der Waals surface area contributed by atoms with Gasteiger partial charge in [-0.25, -0.2) is 0 Å². The number of aliphatic hydroxyl groups is 2. The molecule has 0 bridgehead atoms. The van der Waals surface area contributed by atoms with Crippen LogP contribution in [0.15, 0.2) is 78.4 Å². The molecule has 0 saturated carbocycles. The van der Waals surface area contributed by atoms with Crippen molar-refractivity contribution in [1.29, 1.82) is 0 Å². The highest BCUT2D eigenvalue weighted by Gasteiger charge is 2.48. The average Bonchev–Trinajstić information content (AvgIpc) is 3.38. The van der Waals surface area contributed by atoms with Crippen molar-refractivity contribution in [2.45, 2.75) is 25.4 Å². The molecule has 4 heteroatoms. The van der Waals surface area contributed by atoms with Crippen LogP contribution in [0.3, 0.4) is 0 Å². The Hall–Kier alpha value is -3.21. The fraction of sp³-hybridized carbons (Fsp3) is 0.250. The number of fused-ring (bicyclic) bond motifs is 2. The number of carbonyl (C=O) groups excluding carboxylic acids is 1. The first-order valence-corrected chi connectivity index (χ1v) is 11.1. The summed E-state index contributed by atoms with van der Waals surface area (Å²) in [4.78, 5) is 12.2. The van der Waals surface area contributed by atoms with Crippen LogP contribution in [-0.2, 0) is 19.3 Å². The van der Waals surface area contributed by atoms with E-state index in [1.165, 1.54) is 22.3 Å². The van der Waals surface area contributed by atoms with Crippen LogP contribution in [0.1, 0.15) is 44.3 Å². The van der Waals surface area contributed by atoms with E-state index in [2.05, 4.69) is 41.7 Å². The summed E-state index contributed by atoms with van der Waals surface area (Å²) >= 11 is 0. The number of hydrogen-bond donors (Lipinski definition) is 3. The molecule has 2 aliphatic carbocycles. The van der Waals surface area contributed by atoms with E-state index in [1.54, 1.807) is 0 Å². The Morgan fingerprint density at radius 2 is 1.69 bits per heavy atom. The van der Waals surface area contributed by atoms with Gasteiger partial charge in [-0.3, -0.25) is 4.79 Å². The molecule has 0 heterocycles. The van der Waals surface area contributed by atoms with Crippen molar-refractivity contribution in [2.75, 3.05) is 13.2 Å². The Bertz CT molecular complexity index is 1180. The lowest BCUT2D eigenvalue weighted by molar-refractivity contribution is 0.0651. The van der Waals surface area contributed by atoms with E-state index in [-0.39, 0.29) is 19.1 Å². The van der Waals surface area contributed by atoms with Gasteiger partial charge in [-0.1, -0.05) is 72.3 Å². The van der Waals surface area contributed by atoms with Gasteiger partial charge in [0, 0.05) is 17.5 Å². The number of nitrogens with one attached hydrogen (secondary N) is 1. The Morgan fingerprint density at radius 3 is 2.41 bits per heavy atom. The second-order valence-electron chi connectivity index (χ2n) is 8.83. The van der Waals surface area contributed by atoms with Crippen molar-refractivity contribution in [3.8, 4) is 0 Å². The highest BCUT2D eigenvalue weighted by atomic mass is 16.3. The third kappa shape index (κ3) is 3.56. The van der Waals surface area contributed by atoms with Crippen molar-refractivity contribution in [1.82, 2.24) is 5.32 Å². The molecule has 5 rings (SSSR count).